The van der Waals surface area contributed by atoms with Crippen LogP contribution in [0.4, 0.5) is 5.69 Å². The average molecular weight is 449 g/mol. The summed E-state index contributed by atoms with van der Waals surface area (Å²) >= 11 is 18.1. The summed E-state index contributed by atoms with van der Waals surface area (Å²) in [5.41, 5.74) is 1.87. The van der Waals surface area contributed by atoms with Gasteiger partial charge in [0.05, 0.1) is 10.7 Å². The second kappa shape index (κ2) is 9.24. The van der Waals surface area contributed by atoms with Gasteiger partial charge in [0, 0.05) is 18.1 Å². The van der Waals surface area contributed by atoms with E-state index in [-0.39, 0.29) is 6.79 Å². The van der Waals surface area contributed by atoms with Crippen molar-refractivity contribution >= 4 is 46.2 Å². The fourth-order valence-electron chi connectivity index (χ4n) is 3.60. The first-order valence-corrected chi connectivity index (χ1v) is 10.8. The third kappa shape index (κ3) is 5.16. The molecule has 2 aromatic carbocycles. The predicted octanol–water partition coefficient (Wildman–Crippen LogP) is 6.28. The molecule has 0 bridgehead atoms. The number of nitrogens with zero attached hydrogens (tertiary/aromatic N) is 1. The molecule has 152 valence electrons. The molecule has 7 heteroatoms. The number of rotatable bonds is 5. The molecule has 1 N–H and O–H groups in total. The molecule has 2 aromatic rings. The van der Waals surface area contributed by atoms with Crippen LogP contribution in [0.1, 0.15) is 24.8 Å². The maximum atomic E-state index is 6.33. The zero-order valence-corrected chi connectivity index (χ0v) is 18.2. The summed E-state index contributed by atoms with van der Waals surface area (Å²) in [6.07, 6.45) is 7.87. The highest BCUT2D eigenvalue weighted by molar-refractivity contribution is 7.80. The Morgan fingerprint density at radius 1 is 1.10 bits per heavy atom. The number of ether oxygens (including phenoxy) is 2. The van der Waals surface area contributed by atoms with Gasteiger partial charge in [0.15, 0.2) is 16.6 Å². The van der Waals surface area contributed by atoms with E-state index < -0.39 is 0 Å². The molecule has 2 aliphatic rings. The summed E-state index contributed by atoms with van der Waals surface area (Å²) < 4.78 is 10.9. The Kier molecular flexibility index (Phi) is 6.48. The van der Waals surface area contributed by atoms with Crippen LogP contribution in [-0.4, -0.2) is 23.4 Å². The van der Waals surface area contributed by atoms with Crippen molar-refractivity contribution in [2.24, 2.45) is 5.92 Å². The number of fused-ring (bicyclic) bond motifs is 1. The second-order valence-corrected chi connectivity index (χ2v) is 8.50. The van der Waals surface area contributed by atoms with Crippen molar-refractivity contribution in [1.82, 2.24) is 4.90 Å². The zero-order valence-electron chi connectivity index (χ0n) is 15.9. The van der Waals surface area contributed by atoms with Gasteiger partial charge >= 0.3 is 0 Å². The quantitative estimate of drug-likeness (QED) is 0.429. The largest absolute Gasteiger partial charge is 0.454 e. The van der Waals surface area contributed by atoms with Gasteiger partial charge in [-0.25, -0.2) is 0 Å². The van der Waals surface area contributed by atoms with Crippen LogP contribution in [0.15, 0.2) is 48.6 Å². The van der Waals surface area contributed by atoms with E-state index in [4.69, 9.17) is 44.9 Å². The van der Waals surface area contributed by atoms with E-state index in [1.54, 1.807) is 12.1 Å². The molecule has 0 radical (unpaired) electrons. The number of anilines is 1. The first kappa shape index (κ1) is 20.3. The van der Waals surface area contributed by atoms with Gasteiger partial charge in [0.25, 0.3) is 0 Å². The van der Waals surface area contributed by atoms with Crippen LogP contribution in [-0.2, 0) is 6.54 Å². The number of allylic oxidation sites excluding steroid dienone is 2. The fraction of sp³-hybridized carbons (Fsp3) is 0.318. The molecule has 0 fully saturated rings. The van der Waals surface area contributed by atoms with Gasteiger partial charge in [-0.05, 0) is 73.3 Å². The minimum atomic E-state index is 0.270. The van der Waals surface area contributed by atoms with Gasteiger partial charge in [0.1, 0.15) is 0 Å². The molecule has 0 saturated carbocycles. The first-order valence-electron chi connectivity index (χ1n) is 9.63. The molecule has 4 nitrogen and oxygen atoms in total. The molecule has 0 spiro atoms. The van der Waals surface area contributed by atoms with Gasteiger partial charge in [0.2, 0.25) is 6.79 Å². The molecule has 4 rings (SSSR count). The van der Waals surface area contributed by atoms with Crippen molar-refractivity contribution in [3.8, 4) is 11.5 Å². The maximum absolute atomic E-state index is 6.33. The summed E-state index contributed by atoms with van der Waals surface area (Å²) in [4.78, 5) is 2.20. The van der Waals surface area contributed by atoms with Crippen LogP contribution in [0.5, 0.6) is 11.5 Å². The number of hydrogen-bond donors (Lipinski definition) is 1. The Labute approximate surface area is 186 Å². The van der Waals surface area contributed by atoms with Gasteiger partial charge in [-0.3, -0.25) is 0 Å². The maximum Gasteiger partial charge on any atom is 0.231 e. The van der Waals surface area contributed by atoms with Crippen LogP contribution in [0.3, 0.4) is 0 Å². The average Bonchev–Trinajstić information content (AvgIpc) is 3.18. The van der Waals surface area contributed by atoms with Crippen molar-refractivity contribution in [3.63, 3.8) is 0 Å². The molecule has 0 saturated heterocycles. The number of nitrogens with one attached hydrogen (secondary N) is 1. The molecule has 29 heavy (non-hydrogen) atoms. The third-order valence-electron chi connectivity index (χ3n) is 5.13. The lowest BCUT2D eigenvalue weighted by Gasteiger charge is -2.31. The lowest BCUT2D eigenvalue weighted by atomic mass is 9.94. The van der Waals surface area contributed by atoms with E-state index in [0.717, 1.165) is 42.1 Å². The van der Waals surface area contributed by atoms with Gasteiger partial charge in [-0.2, -0.15) is 0 Å². The Hall–Kier alpha value is -1.95. The first-order chi connectivity index (χ1) is 14.1. The standard InChI is InChI=1S/C22H22Cl2N2O2S/c23-17-7-8-19(18(24)11-17)25-22(29)26(12-15-4-2-1-3-5-15)13-16-6-9-20-21(10-16)28-14-27-20/h1-2,6-11,15H,3-5,12-14H2,(H,25,29). The lowest BCUT2D eigenvalue weighted by Crippen LogP contribution is -2.38. The molecule has 1 aliphatic carbocycles. The Balaban J connectivity index is 1.52. The monoisotopic (exact) mass is 448 g/mol. The summed E-state index contributed by atoms with van der Waals surface area (Å²) in [5.74, 6) is 2.13. The predicted molar refractivity (Wildman–Crippen MR) is 122 cm³/mol. The number of benzene rings is 2. The van der Waals surface area contributed by atoms with Crippen LogP contribution < -0.4 is 14.8 Å². The Bertz CT molecular complexity index is 935. The van der Waals surface area contributed by atoms with E-state index >= 15 is 0 Å². The van der Waals surface area contributed by atoms with Crippen LogP contribution in [0.2, 0.25) is 10.0 Å². The van der Waals surface area contributed by atoms with Gasteiger partial charge < -0.3 is 19.7 Å². The minimum absolute atomic E-state index is 0.270. The topological polar surface area (TPSA) is 33.7 Å². The van der Waals surface area contributed by atoms with E-state index in [9.17, 15) is 0 Å². The van der Waals surface area contributed by atoms with E-state index in [1.165, 1.54) is 6.42 Å². The van der Waals surface area contributed by atoms with Crippen LogP contribution in [0.25, 0.3) is 0 Å². The van der Waals surface area contributed by atoms with Gasteiger partial charge in [-0.15, -0.1) is 0 Å². The van der Waals surface area contributed by atoms with Crippen molar-refractivity contribution in [2.75, 3.05) is 18.7 Å². The second-order valence-electron chi connectivity index (χ2n) is 7.27. The van der Waals surface area contributed by atoms with Gasteiger partial charge in [-0.1, -0.05) is 41.4 Å². The highest BCUT2D eigenvalue weighted by Gasteiger charge is 2.20. The summed E-state index contributed by atoms with van der Waals surface area (Å²) in [5, 5.41) is 5.07. The Morgan fingerprint density at radius 3 is 2.76 bits per heavy atom. The number of thiocarbonyl (C=S) groups is 1. The Morgan fingerprint density at radius 2 is 1.97 bits per heavy atom. The summed E-state index contributed by atoms with van der Waals surface area (Å²) in [7, 11) is 0. The molecule has 0 aromatic heterocycles. The molecule has 1 unspecified atom stereocenters. The summed E-state index contributed by atoms with van der Waals surface area (Å²) in [6, 6.07) is 11.4. The smallest absolute Gasteiger partial charge is 0.231 e. The third-order valence-corrected chi connectivity index (χ3v) is 6.03. The van der Waals surface area contributed by atoms with E-state index in [2.05, 4.69) is 28.4 Å². The molecule has 1 heterocycles. The molecule has 1 aliphatic heterocycles. The highest BCUT2D eigenvalue weighted by atomic mass is 35.5. The van der Waals surface area contributed by atoms with Crippen molar-refractivity contribution in [2.45, 2.75) is 25.8 Å². The summed E-state index contributed by atoms with van der Waals surface area (Å²) in [6.45, 7) is 1.82. The normalized spacial score (nSPS) is 17.2. The van der Waals surface area contributed by atoms with E-state index in [1.807, 2.05) is 18.2 Å². The number of hydrogen-bond acceptors (Lipinski definition) is 3. The molecule has 1 atom stereocenters. The minimum Gasteiger partial charge on any atom is -0.454 e. The van der Waals surface area contributed by atoms with Crippen LogP contribution >= 0.6 is 35.4 Å². The van der Waals surface area contributed by atoms with Crippen molar-refractivity contribution in [1.29, 1.82) is 0 Å². The van der Waals surface area contributed by atoms with Crippen molar-refractivity contribution < 1.29 is 9.47 Å². The lowest BCUT2D eigenvalue weighted by molar-refractivity contribution is 0.174. The van der Waals surface area contributed by atoms with Crippen LogP contribution in [0, 0.1) is 5.92 Å². The molecular weight excluding hydrogens is 427 g/mol. The van der Waals surface area contributed by atoms with Crippen molar-refractivity contribution in [3.05, 3.63) is 64.2 Å². The SMILES string of the molecule is S=C(Nc1ccc(Cl)cc1Cl)N(Cc1ccc2c(c1)OCO2)CC1CC=CCC1. The zero-order chi connectivity index (χ0) is 20.2. The number of halogens is 2. The van der Waals surface area contributed by atoms with E-state index in [0.29, 0.717) is 27.6 Å². The highest BCUT2D eigenvalue weighted by Crippen LogP contribution is 2.33. The fourth-order valence-corrected chi connectivity index (χ4v) is 4.30. The molecular formula is C22H22Cl2N2O2S. The molecule has 0 amide bonds.